The molecule has 2 nitrogen and oxygen atoms in total. The molecule has 0 saturated heterocycles. The highest BCUT2D eigenvalue weighted by molar-refractivity contribution is 6.20. The second kappa shape index (κ2) is 14.4. The van der Waals surface area contributed by atoms with Gasteiger partial charge in [0.1, 0.15) is 0 Å². The fourth-order valence-corrected chi connectivity index (χ4v) is 9.48. The van der Waals surface area contributed by atoms with Crippen LogP contribution in [0.2, 0.25) is 0 Å². The maximum Gasteiger partial charge on any atom is 0.0576 e. The lowest BCUT2D eigenvalue weighted by Gasteiger charge is -2.33. The van der Waals surface area contributed by atoms with Gasteiger partial charge in [0, 0.05) is 27.5 Å². The summed E-state index contributed by atoms with van der Waals surface area (Å²) in [5.41, 5.74) is 12.4. The summed E-state index contributed by atoms with van der Waals surface area (Å²) in [6, 6.07) is 64.9. The molecule has 0 amide bonds. The number of hydrogen-bond acceptors (Lipinski definition) is 1. The molecule has 0 aliphatic heterocycles. The summed E-state index contributed by atoms with van der Waals surface area (Å²) >= 11 is 0. The third-order valence-electron chi connectivity index (χ3n) is 12.2. The maximum atomic E-state index is 2.59. The molecule has 58 heavy (non-hydrogen) atoms. The third-order valence-corrected chi connectivity index (χ3v) is 12.2. The van der Waals surface area contributed by atoms with Crippen molar-refractivity contribution < 1.29 is 0 Å². The maximum absolute atomic E-state index is 2.59. The van der Waals surface area contributed by atoms with Crippen molar-refractivity contribution in [3.63, 3.8) is 0 Å². The lowest BCUT2D eigenvalue weighted by Crippen LogP contribution is -2.30. The Balaban J connectivity index is 0.976. The molecule has 2 unspecified atom stereocenters. The summed E-state index contributed by atoms with van der Waals surface area (Å²) in [6.07, 6.45) is 18.1. The molecule has 0 spiro atoms. The first-order chi connectivity index (χ1) is 28.8. The lowest BCUT2D eigenvalue weighted by molar-refractivity contribution is 0.649. The molecule has 11 rings (SSSR count). The number of hydrogen-bond donors (Lipinski definition) is 0. The van der Waals surface area contributed by atoms with E-state index in [1.807, 2.05) is 0 Å². The predicted molar refractivity (Wildman–Crippen MR) is 248 cm³/mol. The van der Waals surface area contributed by atoms with E-state index in [1.165, 1.54) is 88.1 Å². The molecule has 0 radical (unpaired) electrons. The molecule has 0 saturated carbocycles. The molecular weight excluding hydrogens is 701 g/mol. The first-order valence-corrected chi connectivity index (χ1v) is 20.5. The smallest absolute Gasteiger partial charge is 0.0576 e. The van der Waals surface area contributed by atoms with E-state index in [2.05, 4.69) is 228 Å². The monoisotopic (exact) mass is 742 g/mol. The number of para-hydroxylation sites is 1. The fraction of sp³-hybridized carbons (Fsp3) is 0.0714. The molecular formula is C56H42N2. The molecule has 0 fully saturated rings. The molecule has 2 atom stereocenters. The average Bonchev–Trinajstić information content (AvgIpc) is 3.65. The normalized spacial score (nSPS) is 16.4. The number of nitrogens with zero attached hydrogens (tertiary/aromatic N) is 2. The van der Waals surface area contributed by atoms with E-state index in [0.717, 1.165) is 12.8 Å². The summed E-state index contributed by atoms with van der Waals surface area (Å²) in [4.78, 5) is 2.51. The van der Waals surface area contributed by atoms with Crippen molar-refractivity contribution in [3.8, 4) is 22.3 Å². The quantitative estimate of drug-likeness (QED) is 0.158. The Morgan fingerprint density at radius 1 is 0.466 bits per heavy atom. The van der Waals surface area contributed by atoms with Gasteiger partial charge in [-0.1, -0.05) is 188 Å². The lowest BCUT2D eigenvalue weighted by atomic mass is 9.92. The summed E-state index contributed by atoms with van der Waals surface area (Å²) in [5.74, 6) is 0. The van der Waals surface area contributed by atoms with Crippen LogP contribution in [0.15, 0.2) is 218 Å². The number of benzene rings is 8. The predicted octanol–water partition coefficient (Wildman–Crippen LogP) is 15.0. The van der Waals surface area contributed by atoms with Crippen LogP contribution < -0.4 is 4.90 Å². The molecule has 2 heteroatoms. The summed E-state index contributed by atoms with van der Waals surface area (Å²) < 4.78 is 2.59. The van der Waals surface area contributed by atoms with E-state index in [0.29, 0.717) is 0 Å². The van der Waals surface area contributed by atoms with Crippen LogP contribution in [0.25, 0.3) is 71.2 Å². The van der Waals surface area contributed by atoms with Crippen molar-refractivity contribution in [2.75, 3.05) is 4.90 Å². The molecule has 2 aliphatic rings. The van der Waals surface area contributed by atoms with Crippen LogP contribution in [-0.4, -0.2) is 10.6 Å². The molecule has 0 N–H and O–H groups in total. The summed E-state index contributed by atoms with van der Waals surface area (Å²) in [6.45, 7) is 0. The Morgan fingerprint density at radius 2 is 1.12 bits per heavy atom. The molecule has 1 heterocycles. The minimum absolute atomic E-state index is 0.129. The van der Waals surface area contributed by atoms with Crippen LogP contribution in [0.4, 0.5) is 11.4 Å². The van der Waals surface area contributed by atoms with E-state index < -0.39 is 0 Å². The number of allylic oxidation sites excluding steroid dienone is 6. The first kappa shape index (κ1) is 34.1. The van der Waals surface area contributed by atoms with Crippen molar-refractivity contribution in [1.82, 2.24) is 4.57 Å². The van der Waals surface area contributed by atoms with Gasteiger partial charge in [-0.2, -0.15) is 0 Å². The Labute approximate surface area is 339 Å². The first-order valence-electron chi connectivity index (χ1n) is 20.5. The van der Waals surface area contributed by atoms with Crippen LogP contribution in [0.5, 0.6) is 0 Å². The zero-order valence-corrected chi connectivity index (χ0v) is 32.2. The van der Waals surface area contributed by atoms with E-state index in [9.17, 15) is 0 Å². The molecule has 1 aromatic heterocycles. The van der Waals surface area contributed by atoms with Crippen LogP contribution in [0.3, 0.4) is 0 Å². The van der Waals surface area contributed by atoms with Gasteiger partial charge in [0.25, 0.3) is 0 Å². The van der Waals surface area contributed by atoms with Crippen LogP contribution in [0.1, 0.15) is 24.4 Å². The van der Waals surface area contributed by atoms with Gasteiger partial charge in [0.2, 0.25) is 0 Å². The van der Waals surface area contributed by atoms with Crippen LogP contribution in [-0.2, 0) is 0 Å². The van der Waals surface area contributed by atoms with E-state index >= 15 is 0 Å². The van der Waals surface area contributed by atoms with Crippen molar-refractivity contribution in [1.29, 1.82) is 0 Å². The van der Waals surface area contributed by atoms with Gasteiger partial charge in [0.05, 0.1) is 23.1 Å². The Kier molecular flexibility index (Phi) is 8.47. The van der Waals surface area contributed by atoms with Crippen LogP contribution >= 0.6 is 0 Å². The highest BCUT2D eigenvalue weighted by Crippen LogP contribution is 2.43. The number of fused-ring (bicyclic) bond motifs is 6. The highest BCUT2D eigenvalue weighted by atomic mass is 15.2. The van der Waals surface area contributed by atoms with Gasteiger partial charge in [-0.3, -0.25) is 0 Å². The molecule has 276 valence electrons. The molecule has 0 bridgehead atoms. The van der Waals surface area contributed by atoms with Crippen molar-refractivity contribution in [2.24, 2.45) is 0 Å². The zero-order chi connectivity index (χ0) is 38.4. The van der Waals surface area contributed by atoms with Crippen molar-refractivity contribution >= 4 is 60.3 Å². The van der Waals surface area contributed by atoms with Gasteiger partial charge >= 0.3 is 0 Å². The SMILES string of the molecule is C1=CCC(n2c3cccc(C4=CC(N(c5ccccc5)c5ccc(-c6ccc(-c7cccc8ccccc78)cc6)cc5)CC=C4)c3c3ccc4ccccc4c32)C=C1. The molecule has 8 aromatic carbocycles. The highest BCUT2D eigenvalue weighted by Gasteiger charge is 2.25. The van der Waals surface area contributed by atoms with Gasteiger partial charge in [-0.15, -0.1) is 0 Å². The third kappa shape index (κ3) is 5.88. The van der Waals surface area contributed by atoms with E-state index in [-0.39, 0.29) is 12.1 Å². The average molecular weight is 743 g/mol. The second-order valence-electron chi connectivity index (χ2n) is 15.6. The number of rotatable bonds is 7. The van der Waals surface area contributed by atoms with Gasteiger partial charge in [0.15, 0.2) is 0 Å². The van der Waals surface area contributed by atoms with Gasteiger partial charge in [-0.05, 0) is 92.7 Å². The minimum Gasteiger partial charge on any atom is -0.334 e. The second-order valence-corrected chi connectivity index (χ2v) is 15.6. The van der Waals surface area contributed by atoms with E-state index in [1.54, 1.807) is 0 Å². The standard InChI is InChI=1S/C56H42N2/c1-3-18-45(19-4-1)57(47-35-32-40(33-36-47)39-28-30-43(31-29-39)50-25-12-16-41-14-7-9-23-49(41)50)48-22-11-17-44(38-48)51-26-13-27-54-55(51)53-37-34-42-15-8-10-24-52(42)56(53)58(54)46-20-5-2-6-21-46/h1-20,23-38,46,48H,21-22H2. The van der Waals surface area contributed by atoms with Gasteiger partial charge < -0.3 is 9.47 Å². The fourth-order valence-electron chi connectivity index (χ4n) is 9.48. The number of aromatic nitrogens is 1. The number of anilines is 2. The van der Waals surface area contributed by atoms with E-state index in [4.69, 9.17) is 0 Å². The van der Waals surface area contributed by atoms with Crippen LogP contribution in [0, 0.1) is 0 Å². The zero-order valence-electron chi connectivity index (χ0n) is 32.2. The topological polar surface area (TPSA) is 8.17 Å². The van der Waals surface area contributed by atoms with Crippen molar-refractivity contribution in [3.05, 3.63) is 224 Å². The Bertz CT molecular complexity index is 3100. The summed E-state index contributed by atoms with van der Waals surface area (Å²) in [5, 5.41) is 7.76. The molecule has 2 aliphatic carbocycles. The Morgan fingerprint density at radius 3 is 1.91 bits per heavy atom. The largest absolute Gasteiger partial charge is 0.334 e. The summed E-state index contributed by atoms with van der Waals surface area (Å²) in [7, 11) is 0. The minimum atomic E-state index is 0.129. The molecule has 9 aromatic rings. The van der Waals surface area contributed by atoms with Gasteiger partial charge in [-0.25, -0.2) is 0 Å². The Hall–Kier alpha value is -7.16. The van der Waals surface area contributed by atoms with Crippen molar-refractivity contribution in [2.45, 2.75) is 24.9 Å².